The molecule has 0 aliphatic carbocycles. The van der Waals surface area contributed by atoms with Crippen LogP contribution in [0.2, 0.25) is 0 Å². The minimum atomic E-state index is -0.614. The molecule has 8 heteroatoms. The first-order valence-electron chi connectivity index (χ1n) is 9.81. The van der Waals surface area contributed by atoms with E-state index in [0.717, 1.165) is 11.1 Å². The molecule has 0 fully saturated rings. The molecule has 0 saturated heterocycles. The highest BCUT2D eigenvalue weighted by Crippen LogP contribution is 2.26. The lowest BCUT2D eigenvalue weighted by atomic mass is 10.1. The van der Waals surface area contributed by atoms with Gasteiger partial charge >= 0.3 is 5.97 Å². The predicted octanol–water partition coefficient (Wildman–Crippen LogP) is 2.23. The summed E-state index contributed by atoms with van der Waals surface area (Å²) in [5.41, 5.74) is 3.75. The maximum atomic E-state index is 12.7. The number of benzene rings is 2. The molecule has 0 unspecified atom stereocenters. The van der Waals surface area contributed by atoms with E-state index in [9.17, 15) is 19.5 Å². The number of hydrogen-bond acceptors (Lipinski definition) is 6. The van der Waals surface area contributed by atoms with Gasteiger partial charge in [0.25, 0.3) is 11.8 Å². The first-order chi connectivity index (χ1) is 14.8. The third kappa shape index (κ3) is 4.92. The van der Waals surface area contributed by atoms with Crippen LogP contribution in [-0.4, -0.2) is 54.6 Å². The van der Waals surface area contributed by atoms with Gasteiger partial charge < -0.3 is 25.4 Å². The Balaban J connectivity index is 1.86. The Labute approximate surface area is 180 Å². The Morgan fingerprint density at radius 3 is 2.61 bits per heavy atom. The smallest absolute Gasteiger partial charge is 0.337 e. The second kappa shape index (κ2) is 9.44. The van der Waals surface area contributed by atoms with Gasteiger partial charge in [-0.1, -0.05) is 23.8 Å². The van der Waals surface area contributed by atoms with Crippen LogP contribution in [0.1, 0.15) is 21.5 Å². The number of carbonyl (C=O) groups is 3. The minimum Gasteiger partial charge on any atom is -0.466 e. The van der Waals surface area contributed by atoms with Gasteiger partial charge in [0, 0.05) is 23.5 Å². The first-order valence-corrected chi connectivity index (χ1v) is 9.81. The number of ether oxygens (including phenoxy) is 1. The molecule has 2 amide bonds. The van der Waals surface area contributed by atoms with Crippen LogP contribution in [-0.2, 0) is 14.3 Å². The number of amides is 2. The molecule has 2 aromatic carbocycles. The van der Waals surface area contributed by atoms with E-state index in [-0.39, 0.29) is 36.9 Å². The largest absolute Gasteiger partial charge is 0.466 e. The van der Waals surface area contributed by atoms with Gasteiger partial charge in [-0.15, -0.1) is 0 Å². The van der Waals surface area contributed by atoms with Gasteiger partial charge in [0.1, 0.15) is 5.70 Å². The Bertz CT molecular complexity index is 1060. The van der Waals surface area contributed by atoms with Crippen molar-refractivity contribution in [2.45, 2.75) is 13.8 Å². The van der Waals surface area contributed by atoms with E-state index in [0.29, 0.717) is 16.9 Å². The van der Waals surface area contributed by atoms with Gasteiger partial charge in [-0.3, -0.25) is 9.59 Å². The molecule has 8 nitrogen and oxygen atoms in total. The first kappa shape index (κ1) is 22.0. The number of anilines is 2. The van der Waals surface area contributed by atoms with Crippen molar-refractivity contribution in [3.8, 4) is 0 Å². The molecule has 0 saturated carbocycles. The van der Waals surface area contributed by atoms with Crippen LogP contribution in [0, 0.1) is 13.8 Å². The van der Waals surface area contributed by atoms with E-state index < -0.39 is 11.9 Å². The number of aryl methyl sites for hydroxylation is 2. The molecule has 162 valence electrons. The SMILES string of the molecule is COC(=O)C1=C(Nc2ccc(C)c(NC(=O)c3cccc(C)c3)c2)C(=O)N(CCO)C1. The fourth-order valence-corrected chi connectivity index (χ4v) is 3.31. The highest BCUT2D eigenvalue weighted by molar-refractivity contribution is 6.09. The number of aliphatic hydroxyl groups excluding tert-OH is 1. The summed E-state index contributed by atoms with van der Waals surface area (Å²) in [6.07, 6.45) is 0. The number of methoxy groups -OCH3 is 1. The van der Waals surface area contributed by atoms with Crippen molar-refractivity contribution in [1.29, 1.82) is 0 Å². The summed E-state index contributed by atoms with van der Waals surface area (Å²) in [6.45, 7) is 3.72. The summed E-state index contributed by atoms with van der Waals surface area (Å²) < 4.78 is 4.80. The normalized spacial score (nSPS) is 13.4. The summed E-state index contributed by atoms with van der Waals surface area (Å²) in [4.78, 5) is 38.8. The maximum absolute atomic E-state index is 12.7. The Morgan fingerprint density at radius 1 is 1.16 bits per heavy atom. The Morgan fingerprint density at radius 2 is 1.94 bits per heavy atom. The standard InChI is InChI=1S/C23H25N3O5/c1-14-5-4-6-16(11-14)21(28)25-19-12-17(8-7-15(19)2)24-20-18(23(30)31-3)13-26(9-10-27)22(20)29/h4-8,11-12,24,27H,9-10,13H2,1-3H3,(H,25,28). The van der Waals surface area contributed by atoms with Gasteiger partial charge in [0.05, 0.1) is 25.8 Å². The fourth-order valence-electron chi connectivity index (χ4n) is 3.31. The molecular weight excluding hydrogens is 398 g/mol. The summed E-state index contributed by atoms with van der Waals surface area (Å²) in [6, 6.07) is 12.5. The lowest BCUT2D eigenvalue weighted by Crippen LogP contribution is -2.31. The average Bonchev–Trinajstić information content (AvgIpc) is 3.05. The molecule has 2 aromatic rings. The summed E-state index contributed by atoms with van der Waals surface area (Å²) >= 11 is 0. The summed E-state index contributed by atoms with van der Waals surface area (Å²) in [5, 5.41) is 15.1. The monoisotopic (exact) mass is 423 g/mol. The molecule has 1 aliphatic heterocycles. The van der Waals surface area contributed by atoms with Crippen LogP contribution in [0.4, 0.5) is 11.4 Å². The minimum absolute atomic E-state index is 0.0528. The van der Waals surface area contributed by atoms with Crippen molar-refractivity contribution in [3.05, 3.63) is 70.4 Å². The number of hydrogen-bond donors (Lipinski definition) is 3. The molecule has 0 atom stereocenters. The highest BCUT2D eigenvalue weighted by Gasteiger charge is 2.34. The van der Waals surface area contributed by atoms with Crippen LogP contribution in [0.5, 0.6) is 0 Å². The number of aliphatic hydroxyl groups is 1. The molecule has 1 aliphatic rings. The average molecular weight is 423 g/mol. The van der Waals surface area contributed by atoms with Crippen molar-refractivity contribution in [1.82, 2.24) is 4.90 Å². The zero-order valence-corrected chi connectivity index (χ0v) is 17.7. The topological polar surface area (TPSA) is 108 Å². The van der Waals surface area contributed by atoms with E-state index >= 15 is 0 Å². The Hall–Kier alpha value is -3.65. The third-order valence-electron chi connectivity index (χ3n) is 4.99. The molecule has 0 radical (unpaired) electrons. The molecule has 0 aromatic heterocycles. The van der Waals surface area contributed by atoms with Crippen molar-refractivity contribution in [2.75, 3.05) is 37.4 Å². The number of β-amino-alcohol motifs (C(OH)–C–C–N with tert-alkyl or cyclic N) is 1. The predicted molar refractivity (Wildman–Crippen MR) is 117 cm³/mol. The van der Waals surface area contributed by atoms with E-state index in [1.54, 1.807) is 30.3 Å². The van der Waals surface area contributed by atoms with Crippen molar-refractivity contribution < 1.29 is 24.2 Å². The van der Waals surface area contributed by atoms with Gasteiger partial charge in [0.2, 0.25) is 0 Å². The number of esters is 1. The summed E-state index contributed by atoms with van der Waals surface area (Å²) in [7, 11) is 1.25. The molecule has 3 rings (SSSR count). The quantitative estimate of drug-likeness (QED) is 0.590. The lowest BCUT2D eigenvalue weighted by molar-refractivity contribution is -0.136. The van der Waals surface area contributed by atoms with Gasteiger partial charge in [-0.05, 0) is 43.7 Å². The second-order valence-corrected chi connectivity index (χ2v) is 7.27. The maximum Gasteiger partial charge on any atom is 0.337 e. The second-order valence-electron chi connectivity index (χ2n) is 7.27. The number of nitrogens with one attached hydrogen (secondary N) is 2. The zero-order chi connectivity index (χ0) is 22.5. The fraction of sp³-hybridized carbons (Fsp3) is 0.261. The third-order valence-corrected chi connectivity index (χ3v) is 4.99. The number of rotatable bonds is 7. The lowest BCUT2D eigenvalue weighted by Gasteiger charge is -2.16. The molecular formula is C23H25N3O5. The van der Waals surface area contributed by atoms with Crippen LogP contribution < -0.4 is 10.6 Å². The molecule has 31 heavy (non-hydrogen) atoms. The summed E-state index contributed by atoms with van der Waals surface area (Å²) in [5.74, 6) is -1.26. The van der Waals surface area contributed by atoms with Gasteiger partial charge in [-0.2, -0.15) is 0 Å². The van der Waals surface area contributed by atoms with Crippen molar-refractivity contribution in [3.63, 3.8) is 0 Å². The van der Waals surface area contributed by atoms with Crippen LogP contribution in [0.25, 0.3) is 0 Å². The van der Waals surface area contributed by atoms with Gasteiger partial charge in [-0.25, -0.2) is 4.79 Å². The van der Waals surface area contributed by atoms with E-state index in [2.05, 4.69) is 10.6 Å². The van der Waals surface area contributed by atoms with Crippen LogP contribution in [0.15, 0.2) is 53.7 Å². The number of nitrogens with zero attached hydrogens (tertiary/aromatic N) is 1. The molecule has 0 bridgehead atoms. The van der Waals surface area contributed by atoms with E-state index in [1.807, 2.05) is 26.0 Å². The molecule has 0 spiro atoms. The Kier molecular flexibility index (Phi) is 6.71. The number of carbonyl (C=O) groups excluding carboxylic acids is 3. The highest BCUT2D eigenvalue weighted by atomic mass is 16.5. The van der Waals surface area contributed by atoms with Gasteiger partial charge in [0.15, 0.2) is 0 Å². The van der Waals surface area contributed by atoms with Crippen LogP contribution >= 0.6 is 0 Å². The molecule has 1 heterocycles. The van der Waals surface area contributed by atoms with Crippen molar-refractivity contribution >= 4 is 29.2 Å². The van der Waals surface area contributed by atoms with E-state index in [4.69, 9.17) is 4.74 Å². The van der Waals surface area contributed by atoms with Crippen LogP contribution in [0.3, 0.4) is 0 Å². The van der Waals surface area contributed by atoms with Crippen molar-refractivity contribution in [2.24, 2.45) is 0 Å². The van der Waals surface area contributed by atoms with E-state index in [1.165, 1.54) is 12.0 Å². The zero-order valence-electron chi connectivity index (χ0n) is 17.7. The molecule has 3 N–H and O–H groups in total.